The third kappa shape index (κ3) is 4.91. The molecule has 6 heteroatoms. The second-order valence-electron chi connectivity index (χ2n) is 7.55. The normalized spacial score (nSPS) is 13.5. The van der Waals surface area contributed by atoms with Gasteiger partial charge in [-0.3, -0.25) is 9.59 Å². The number of carbonyl (C=O) groups is 2. The lowest BCUT2D eigenvalue weighted by Crippen LogP contribution is -2.38. The number of para-hydroxylation sites is 2. The summed E-state index contributed by atoms with van der Waals surface area (Å²) in [5, 5.41) is 3.09. The first-order valence-electron chi connectivity index (χ1n) is 10.7. The standard InChI is InChI=1S/C26H26N2O4/c1-31-21-13-11-20(12-14-21)26(19-7-3-2-4-8-19)27-24(29)15-16-25(30)28-17-18-32-23-10-6-5-9-22(23)28/h2-14,26H,15-18H2,1H3,(H,27,29). The summed E-state index contributed by atoms with van der Waals surface area (Å²) in [5.41, 5.74) is 2.67. The summed E-state index contributed by atoms with van der Waals surface area (Å²) in [6.45, 7) is 0.929. The lowest BCUT2D eigenvalue weighted by Gasteiger charge is -2.29. The fraction of sp³-hybridized carbons (Fsp3) is 0.231. The molecule has 4 rings (SSSR count). The van der Waals surface area contributed by atoms with Crippen LogP contribution in [0.3, 0.4) is 0 Å². The van der Waals surface area contributed by atoms with Crippen LogP contribution in [0.2, 0.25) is 0 Å². The van der Waals surface area contributed by atoms with Gasteiger partial charge in [0.1, 0.15) is 18.1 Å². The van der Waals surface area contributed by atoms with Crippen LogP contribution in [-0.2, 0) is 9.59 Å². The van der Waals surface area contributed by atoms with Crippen molar-refractivity contribution in [3.63, 3.8) is 0 Å². The van der Waals surface area contributed by atoms with Crippen molar-refractivity contribution < 1.29 is 19.1 Å². The quantitative estimate of drug-likeness (QED) is 0.613. The van der Waals surface area contributed by atoms with E-state index in [1.807, 2.05) is 78.9 Å². The molecule has 0 saturated heterocycles. The zero-order chi connectivity index (χ0) is 22.3. The Morgan fingerprint density at radius 1 is 0.938 bits per heavy atom. The molecule has 0 bridgehead atoms. The van der Waals surface area contributed by atoms with Gasteiger partial charge in [0.15, 0.2) is 0 Å². The summed E-state index contributed by atoms with van der Waals surface area (Å²) in [4.78, 5) is 27.4. The molecule has 164 valence electrons. The molecule has 1 aliphatic heterocycles. The van der Waals surface area contributed by atoms with Gasteiger partial charge in [-0.15, -0.1) is 0 Å². The number of hydrogen-bond donors (Lipinski definition) is 1. The molecular weight excluding hydrogens is 404 g/mol. The van der Waals surface area contributed by atoms with Crippen LogP contribution in [0.25, 0.3) is 0 Å². The van der Waals surface area contributed by atoms with Gasteiger partial charge in [-0.1, -0.05) is 54.6 Å². The smallest absolute Gasteiger partial charge is 0.227 e. The van der Waals surface area contributed by atoms with Gasteiger partial charge >= 0.3 is 0 Å². The van der Waals surface area contributed by atoms with Crippen LogP contribution in [0, 0.1) is 0 Å². The Labute approximate surface area is 187 Å². The highest BCUT2D eigenvalue weighted by Crippen LogP contribution is 2.31. The second kappa shape index (κ2) is 10.0. The largest absolute Gasteiger partial charge is 0.497 e. The highest BCUT2D eigenvalue weighted by Gasteiger charge is 2.24. The lowest BCUT2D eigenvalue weighted by atomic mass is 9.98. The third-order valence-corrected chi connectivity index (χ3v) is 5.48. The average molecular weight is 431 g/mol. The lowest BCUT2D eigenvalue weighted by molar-refractivity contribution is -0.125. The van der Waals surface area contributed by atoms with Crippen molar-refractivity contribution in [1.29, 1.82) is 0 Å². The molecular formula is C26H26N2O4. The Kier molecular flexibility index (Phi) is 6.70. The monoisotopic (exact) mass is 430 g/mol. The van der Waals surface area contributed by atoms with E-state index in [1.165, 1.54) is 0 Å². The molecule has 3 aromatic carbocycles. The summed E-state index contributed by atoms with van der Waals surface area (Å²) in [5.74, 6) is 1.18. The fourth-order valence-corrected chi connectivity index (χ4v) is 3.82. The predicted octanol–water partition coefficient (Wildman–Crippen LogP) is 4.11. The topological polar surface area (TPSA) is 67.9 Å². The van der Waals surface area contributed by atoms with E-state index in [4.69, 9.17) is 9.47 Å². The summed E-state index contributed by atoms with van der Waals surface area (Å²) in [7, 11) is 1.62. The Bertz CT molecular complexity index is 1070. The van der Waals surface area contributed by atoms with Gasteiger partial charge in [0, 0.05) is 12.8 Å². The van der Waals surface area contributed by atoms with Crippen molar-refractivity contribution in [1.82, 2.24) is 5.32 Å². The zero-order valence-electron chi connectivity index (χ0n) is 18.0. The van der Waals surface area contributed by atoms with E-state index in [0.29, 0.717) is 18.9 Å². The van der Waals surface area contributed by atoms with Gasteiger partial charge in [0.2, 0.25) is 11.8 Å². The van der Waals surface area contributed by atoms with E-state index < -0.39 is 0 Å². The summed E-state index contributed by atoms with van der Waals surface area (Å²) in [6.07, 6.45) is 0.238. The number of nitrogens with one attached hydrogen (secondary N) is 1. The molecule has 2 amide bonds. The molecule has 0 spiro atoms. The van der Waals surface area contributed by atoms with Crippen molar-refractivity contribution in [2.45, 2.75) is 18.9 Å². The number of ether oxygens (including phenoxy) is 2. The van der Waals surface area contributed by atoms with Crippen molar-refractivity contribution >= 4 is 17.5 Å². The Balaban J connectivity index is 1.43. The van der Waals surface area contributed by atoms with Gasteiger partial charge in [-0.05, 0) is 35.4 Å². The minimum atomic E-state index is -0.311. The van der Waals surface area contributed by atoms with E-state index in [1.54, 1.807) is 12.0 Å². The molecule has 0 saturated carbocycles. The first kappa shape index (κ1) is 21.4. The summed E-state index contributed by atoms with van der Waals surface area (Å²) >= 11 is 0. The van der Waals surface area contributed by atoms with Gasteiger partial charge in [0.25, 0.3) is 0 Å². The number of nitrogens with zero attached hydrogens (tertiary/aromatic N) is 1. The molecule has 1 heterocycles. The highest BCUT2D eigenvalue weighted by atomic mass is 16.5. The van der Waals surface area contributed by atoms with E-state index in [0.717, 1.165) is 22.6 Å². The van der Waals surface area contributed by atoms with Crippen molar-refractivity contribution in [3.05, 3.63) is 90.0 Å². The molecule has 0 aromatic heterocycles. The van der Waals surface area contributed by atoms with Crippen LogP contribution >= 0.6 is 0 Å². The third-order valence-electron chi connectivity index (χ3n) is 5.48. The SMILES string of the molecule is COc1ccc(C(NC(=O)CCC(=O)N2CCOc3ccccc32)c2ccccc2)cc1. The number of carbonyl (C=O) groups excluding carboxylic acids is 2. The average Bonchev–Trinajstić information content (AvgIpc) is 2.86. The molecule has 0 radical (unpaired) electrons. The highest BCUT2D eigenvalue weighted by molar-refractivity contribution is 5.97. The predicted molar refractivity (Wildman–Crippen MR) is 123 cm³/mol. The van der Waals surface area contributed by atoms with Gasteiger partial charge in [0.05, 0.1) is 25.4 Å². The van der Waals surface area contributed by atoms with E-state index >= 15 is 0 Å². The maximum atomic E-state index is 12.8. The van der Waals surface area contributed by atoms with Crippen LogP contribution in [0.4, 0.5) is 5.69 Å². The maximum Gasteiger partial charge on any atom is 0.227 e. The summed E-state index contributed by atoms with van der Waals surface area (Å²) in [6, 6.07) is 24.5. The minimum absolute atomic E-state index is 0.0865. The molecule has 1 atom stereocenters. The Morgan fingerprint density at radius 2 is 1.62 bits per heavy atom. The van der Waals surface area contributed by atoms with E-state index in [9.17, 15) is 9.59 Å². The molecule has 0 aliphatic carbocycles. The number of rotatable bonds is 7. The first-order chi connectivity index (χ1) is 15.7. The van der Waals surface area contributed by atoms with Crippen LogP contribution in [0.5, 0.6) is 11.5 Å². The zero-order valence-corrected chi connectivity index (χ0v) is 18.0. The van der Waals surface area contributed by atoms with Crippen LogP contribution < -0.4 is 19.7 Å². The number of fused-ring (bicyclic) bond motifs is 1. The number of amides is 2. The number of anilines is 1. The van der Waals surface area contributed by atoms with Crippen molar-refractivity contribution in [3.8, 4) is 11.5 Å². The Hall–Kier alpha value is -3.80. The molecule has 1 unspecified atom stereocenters. The molecule has 3 aromatic rings. The maximum absolute atomic E-state index is 12.8. The first-order valence-corrected chi connectivity index (χ1v) is 10.7. The van der Waals surface area contributed by atoms with Crippen molar-refractivity contribution in [2.75, 3.05) is 25.2 Å². The molecule has 0 fully saturated rings. The number of benzene rings is 3. The van der Waals surface area contributed by atoms with Crippen molar-refractivity contribution in [2.24, 2.45) is 0 Å². The van der Waals surface area contributed by atoms with E-state index in [-0.39, 0.29) is 30.7 Å². The second-order valence-corrected chi connectivity index (χ2v) is 7.55. The molecule has 6 nitrogen and oxygen atoms in total. The number of hydrogen-bond acceptors (Lipinski definition) is 4. The number of methoxy groups -OCH3 is 1. The molecule has 32 heavy (non-hydrogen) atoms. The molecule has 1 aliphatic rings. The minimum Gasteiger partial charge on any atom is -0.497 e. The van der Waals surface area contributed by atoms with Gasteiger partial charge in [-0.2, -0.15) is 0 Å². The summed E-state index contributed by atoms with van der Waals surface area (Å²) < 4.78 is 10.9. The van der Waals surface area contributed by atoms with Crippen LogP contribution in [0.15, 0.2) is 78.9 Å². The fourth-order valence-electron chi connectivity index (χ4n) is 3.82. The van der Waals surface area contributed by atoms with Gasteiger partial charge in [-0.25, -0.2) is 0 Å². The van der Waals surface area contributed by atoms with Gasteiger partial charge < -0.3 is 19.7 Å². The Morgan fingerprint density at radius 3 is 2.38 bits per heavy atom. The van der Waals surface area contributed by atoms with Crippen LogP contribution in [0.1, 0.15) is 30.0 Å². The molecule has 1 N–H and O–H groups in total. The van der Waals surface area contributed by atoms with Crippen LogP contribution in [-0.4, -0.2) is 32.1 Å². The van der Waals surface area contributed by atoms with E-state index in [2.05, 4.69) is 5.32 Å².